The van der Waals surface area contributed by atoms with Crippen molar-refractivity contribution in [2.75, 3.05) is 0 Å². The molecule has 0 rings (SSSR count). The summed E-state index contributed by atoms with van der Waals surface area (Å²) in [6.45, 7) is 3.44. The van der Waals surface area contributed by atoms with Crippen molar-refractivity contribution in [1.29, 1.82) is 0 Å². The van der Waals surface area contributed by atoms with Gasteiger partial charge >= 0.3 is 5.97 Å². The average Bonchev–Trinajstić information content (AvgIpc) is 1.82. The van der Waals surface area contributed by atoms with Gasteiger partial charge in [-0.25, -0.2) is 0 Å². The molecule has 0 aromatic rings. The van der Waals surface area contributed by atoms with Gasteiger partial charge in [0.25, 0.3) is 0 Å². The zero-order valence-corrected chi connectivity index (χ0v) is 6.39. The molecule has 1 unspecified atom stereocenters. The topological polar surface area (TPSA) is 26.3 Å². The van der Waals surface area contributed by atoms with Crippen LogP contribution in [0.3, 0.4) is 0 Å². The summed E-state index contributed by atoms with van der Waals surface area (Å²) in [5.41, 5.74) is 0. The normalized spacial score (nSPS) is 13.7. The molecular weight excluding hydrogens is 136 g/mol. The van der Waals surface area contributed by atoms with E-state index in [1.807, 2.05) is 0 Å². The molecule has 0 fully saturated rings. The Morgan fingerprint density at radius 1 is 1.78 bits per heavy atom. The minimum atomic E-state index is -0.346. The number of allylic oxidation sites excluding steroid dienone is 1. The second-order valence-electron chi connectivity index (χ2n) is 1.58. The summed E-state index contributed by atoms with van der Waals surface area (Å²) < 4.78 is 4.56. The highest BCUT2D eigenvalue weighted by atomic mass is 32.1. The van der Waals surface area contributed by atoms with Crippen molar-refractivity contribution in [3.05, 3.63) is 12.3 Å². The van der Waals surface area contributed by atoms with E-state index in [9.17, 15) is 4.79 Å². The Kier molecular flexibility index (Phi) is 4.22. The summed E-state index contributed by atoms with van der Waals surface area (Å²) >= 11 is 3.86. The summed E-state index contributed by atoms with van der Waals surface area (Å²) in [7, 11) is 0. The van der Waals surface area contributed by atoms with Crippen molar-refractivity contribution in [2.24, 2.45) is 0 Å². The molecule has 0 saturated carbocycles. The molecule has 52 valence electrons. The van der Waals surface area contributed by atoms with Crippen molar-refractivity contribution < 1.29 is 9.53 Å². The summed E-state index contributed by atoms with van der Waals surface area (Å²) in [6.07, 6.45) is 2.99. The molecule has 1 atom stereocenters. The third-order valence-electron chi connectivity index (χ3n) is 0.661. The van der Waals surface area contributed by atoms with Gasteiger partial charge in [0.1, 0.15) is 0 Å². The van der Waals surface area contributed by atoms with Crippen molar-refractivity contribution in [3.63, 3.8) is 0 Å². The van der Waals surface area contributed by atoms with Crippen LogP contribution in [0.2, 0.25) is 0 Å². The lowest BCUT2D eigenvalue weighted by atomic mass is 10.5. The molecule has 0 N–H and O–H groups in total. The molecular formula is C6H10O2S. The number of carbonyl (C=O) groups is 1. The SMILES string of the molecule is CC=COC(=O)C(C)S. The maximum atomic E-state index is 10.6. The van der Waals surface area contributed by atoms with Gasteiger partial charge in [0, 0.05) is 0 Å². The Morgan fingerprint density at radius 3 is 2.67 bits per heavy atom. The van der Waals surface area contributed by atoms with E-state index < -0.39 is 0 Å². The third-order valence-corrected chi connectivity index (χ3v) is 0.872. The molecule has 0 aliphatic rings. The zero-order chi connectivity index (χ0) is 7.28. The van der Waals surface area contributed by atoms with Crippen LogP contribution in [0.15, 0.2) is 12.3 Å². The number of esters is 1. The van der Waals surface area contributed by atoms with Crippen molar-refractivity contribution in [3.8, 4) is 0 Å². The van der Waals surface area contributed by atoms with Gasteiger partial charge in [-0.1, -0.05) is 6.08 Å². The zero-order valence-electron chi connectivity index (χ0n) is 5.50. The van der Waals surface area contributed by atoms with E-state index >= 15 is 0 Å². The smallest absolute Gasteiger partial charge is 0.323 e. The van der Waals surface area contributed by atoms with Gasteiger partial charge < -0.3 is 4.74 Å². The second-order valence-corrected chi connectivity index (χ2v) is 2.36. The molecule has 2 nitrogen and oxygen atoms in total. The third kappa shape index (κ3) is 4.09. The minimum absolute atomic E-state index is 0.323. The van der Waals surface area contributed by atoms with Crippen LogP contribution in [0.4, 0.5) is 0 Å². The average molecular weight is 146 g/mol. The number of ether oxygens (including phenoxy) is 1. The fourth-order valence-electron chi connectivity index (χ4n) is 0.234. The van der Waals surface area contributed by atoms with Crippen LogP contribution in [-0.4, -0.2) is 11.2 Å². The van der Waals surface area contributed by atoms with Gasteiger partial charge in [-0.2, -0.15) is 12.6 Å². The van der Waals surface area contributed by atoms with Crippen LogP contribution >= 0.6 is 12.6 Å². The fourth-order valence-corrected chi connectivity index (χ4v) is 0.294. The number of hydrogen-bond acceptors (Lipinski definition) is 3. The summed E-state index contributed by atoms with van der Waals surface area (Å²) in [5.74, 6) is -0.323. The number of hydrogen-bond donors (Lipinski definition) is 1. The van der Waals surface area contributed by atoms with Gasteiger partial charge in [0.2, 0.25) is 0 Å². The summed E-state index contributed by atoms with van der Waals surface area (Å²) in [6, 6.07) is 0. The Hall–Kier alpha value is -0.440. The highest BCUT2D eigenvalue weighted by Crippen LogP contribution is 1.95. The van der Waals surface area contributed by atoms with E-state index in [1.165, 1.54) is 6.26 Å². The first-order valence-corrected chi connectivity index (χ1v) is 3.20. The first-order chi connectivity index (χ1) is 4.18. The standard InChI is InChI=1S/C6H10O2S/c1-3-4-8-6(7)5(2)9/h3-5,9H,1-2H3. The van der Waals surface area contributed by atoms with E-state index in [1.54, 1.807) is 19.9 Å². The fraction of sp³-hybridized carbons (Fsp3) is 0.500. The Bertz CT molecular complexity index is 118. The molecule has 0 aliphatic carbocycles. The van der Waals surface area contributed by atoms with E-state index in [0.717, 1.165) is 0 Å². The van der Waals surface area contributed by atoms with Crippen molar-refractivity contribution in [2.45, 2.75) is 19.1 Å². The quantitative estimate of drug-likeness (QED) is 0.362. The highest BCUT2D eigenvalue weighted by Gasteiger charge is 2.05. The number of carbonyl (C=O) groups excluding carboxylic acids is 1. The van der Waals surface area contributed by atoms with Gasteiger partial charge in [0.05, 0.1) is 11.5 Å². The van der Waals surface area contributed by atoms with E-state index in [-0.39, 0.29) is 11.2 Å². The lowest BCUT2D eigenvalue weighted by Gasteiger charge is -1.98. The predicted octanol–water partition coefficient (Wildman–Crippen LogP) is 1.38. The Morgan fingerprint density at radius 2 is 2.33 bits per heavy atom. The van der Waals surface area contributed by atoms with Crippen LogP contribution in [0.5, 0.6) is 0 Å². The molecule has 0 saturated heterocycles. The maximum absolute atomic E-state index is 10.6. The highest BCUT2D eigenvalue weighted by molar-refractivity contribution is 7.81. The minimum Gasteiger partial charge on any atom is -0.434 e. The van der Waals surface area contributed by atoms with Crippen LogP contribution < -0.4 is 0 Å². The molecule has 0 amide bonds. The summed E-state index contributed by atoms with van der Waals surface area (Å²) in [5, 5.41) is -0.346. The van der Waals surface area contributed by atoms with E-state index in [0.29, 0.717) is 0 Å². The molecule has 3 heteroatoms. The first kappa shape index (κ1) is 8.56. The van der Waals surface area contributed by atoms with Crippen molar-refractivity contribution >= 4 is 18.6 Å². The Balaban J connectivity index is 3.51. The van der Waals surface area contributed by atoms with Gasteiger partial charge in [-0.3, -0.25) is 4.79 Å². The van der Waals surface area contributed by atoms with Crippen LogP contribution in [0, 0.1) is 0 Å². The molecule has 0 radical (unpaired) electrons. The lowest BCUT2D eigenvalue weighted by Crippen LogP contribution is -2.10. The lowest BCUT2D eigenvalue weighted by molar-refractivity contribution is -0.137. The molecule has 0 aliphatic heterocycles. The molecule has 9 heavy (non-hydrogen) atoms. The molecule has 0 aromatic heterocycles. The number of thiol groups is 1. The van der Waals surface area contributed by atoms with Crippen LogP contribution in [0.25, 0.3) is 0 Å². The predicted molar refractivity (Wildman–Crippen MR) is 39.4 cm³/mol. The second kappa shape index (κ2) is 4.44. The van der Waals surface area contributed by atoms with Gasteiger partial charge in [-0.05, 0) is 13.8 Å². The molecule has 0 spiro atoms. The van der Waals surface area contributed by atoms with E-state index in [4.69, 9.17) is 0 Å². The van der Waals surface area contributed by atoms with Crippen molar-refractivity contribution in [1.82, 2.24) is 0 Å². The summed E-state index contributed by atoms with van der Waals surface area (Å²) in [4.78, 5) is 10.6. The van der Waals surface area contributed by atoms with Gasteiger partial charge in [0.15, 0.2) is 0 Å². The van der Waals surface area contributed by atoms with Crippen LogP contribution in [0.1, 0.15) is 13.8 Å². The Labute approximate surface area is 60.3 Å². The molecule has 0 aromatic carbocycles. The maximum Gasteiger partial charge on any atom is 0.323 e. The van der Waals surface area contributed by atoms with E-state index in [2.05, 4.69) is 17.4 Å². The monoisotopic (exact) mass is 146 g/mol. The molecule has 0 heterocycles. The van der Waals surface area contributed by atoms with Gasteiger partial charge in [-0.15, -0.1) is 0 Å². The largest absolute Gasteiger partial charge is 0.434 e. The van der Waals surface area contributed by atoms with Crippen LogP contribution in [-0.2, 0) is 9.53 Å². The number of rotatable bonds is 2. The first-order valence-electron chi connectivity index (χ1n) is 2.68. The molecule has 0 bridgehead atoms.